The Morgan fingerprint density at radius 1 is 1.46 bits per heavy atom. The smallest absolute Gasteiger partial charge is 0.0522 e. The fourth-order valence-corrected chi connectivity index (χ4v) is 1.36. The fraction of sp³-hybridized carbons (Fsp3) is 0.700. The van der Waals surface area contributed by atoms with Crippen molar-refractivity contribution in [3.63, 3.8) is 0 Å². The standard InChI is InChI=1S/C10H19N3/c1-8(2)6-13-7-10(5-12-13)4-9(3)11/h5,7-9H,4,6,11H2,1-3H3/t9-/m1/s1. The van der Waals surface area contributed by atoms with Crippen LogP contribution in [0, 0.1) is 5.92 Å². The molecular weight excluding hydrogens is 162 g/mol. The van der Waals surface area contributed by atoms with Gasteiger partial charge in [0.15, 0.2) is 0 Å². The van der Waals surface area contributed by atoms with Crippen LogP contribution in [0.25, 0.3) is 0 Å². The minimum Gasteiger partial charge on any atom is -0.328 e. The van der Waals surface area contributed by atoms with Crippen LogP contribution in [-0.2, 0) is 13.0 Å². The van der Waals surface area contributed by atoms with Gasteiger partial charge < -0.3 is 5.73 Å². The van der Waals surface area contributed by atoms with Gasteiger partial charge in [0.25, 0.3) is 0 Å². The van der Waals surface area contributed by atoms with Crippen LogP contribution in [0.5, 0.6) is 0 Å². The zero-order chi connectivity index (χ0) is 9.84. The van der Waals surface area contributed by atoms with Gasteiger partial charge >= 0.3 is 0 Å². The molecule has 0 unspecified atom stereocenters. The van der Waals surface area contributed by atoms with Gasteiger partial charge in [-0.3, -0.25) is 4.68 Å². The Balaban J connectivity index is 2.53. The summed E-state index contributed by atoms with van der Waals surface area (Å²) in [7, 11) is 0. The van der Waals surface area contributed by atoms with Crippen LogP contribution in [-0.4, -0.2) is 15.8 Å². The zero-order valence-electron chi connectivity index (χ0n) is 8.70. The minimum absolute atomic E-state index is 0.219. The molecule has 0 radical (unpaired) electrons. The van der Waals surface area contributed by atoms with Crippen LogP contribution < -0.4 is 5.73 Å². The molecule has 0 saturated heterocycles. The summed E-state index contributed by atoms with van der Waals surface area (Å²) < 4.78 is 1.99. The van der Waals surface area contributed by atoms with Crippen molar-refractivity contribution in [2.75, 3.05) is 0 Å². The summed E-state index contributed by atoms with van der Waals surface area (Å²) in [6.07, 6.45) is 4.91. The van der Waals surface area contributed by atoms with Crippen LogP contribution >= 0.6 is 0 Å². The Hall–Kier alpha value is -0.830. The summed E-state index contributed by atoms with van der Waals surface area (Å²) in [4.78, 5) is 0. The Labute approximate surface area is 79.9 Å². The Kier molecular flexibility index (Phi) is 3.48. The molecule has 0 fully saturated rings. The van der Waals surface area contributed by atoms with E-state index in [9.17, 15) is 0 Å². The van der Waals surface area contributed by atoms with Gasteiger partial charge in [0.05, 0.1) is 6.20 Å². The van der Waals surface area contributed by atoms with E-state index in [1.807, 2.05) is 17.8 Å². The number of aromatic nitrogens is 2. The van der Waals surface area contributed by atoms with E-state index in [2.05, 4.69) is 25.1 Å². The molecule has 2 N–H and O–H groups in total. The monoisotopic (exact) mass is 181 g/mol. The van der Waals surface area contributed by atoms with Crippen molar-refractivity contribution in [2.45, 2.75) is 39.8 Å². The van der Waals surface area contributed by atoms with Crippen molar-refractivity contribution in [3.05, 3.63) is 18.0 Å². The minimum atomic E-state index is 0.219. The van der Waals surface area contributed by atoms with Gasteiger partial charge in [-0.05, 0) is 24.8 Å². The van der Waals surface area contributed by atoms with Crippen LogP contribution in [0.1, 0.15) is 26.3 Å². The van der Waals surface area contributed by atoms with Gasteiger partial charge in [-0.1, -0.05) is 13.8 Å². The quantitative estimate of drug-likeness (QED) is 0.763. The molecule has 0 bridgehead atoms. The van der Waals surface area contributed by atoms with Crippen molar-refractivity contribution in [2.24, 2.45) is 11.7 Å². The molecule has 1 atom stereocenters. The van der Waals surface area contributed by atoms with Gasteiger partial charge in [0, 0.05) is 18.8 Å². The molecule has 0 spiro atoms. The van der Waals surface area contributed by atoms with E-state index in [0.29, 0.717) is 5.92 Å². The zero-order valence-corrected chi connectivity index (χ0v) is 8.70. The molecule has 3 nitrogen and oxygen atoms in total. The van der Waals surface area contributed by atoms with Crippen LogP contribution in [0.3, 0.4) is 0 Å². The van der Waals surface area contributed by atoms with Crippen molar-refractivity contribution < 1.29 is 0 Å². The van der Waals surface area contributed by atoms with Crippen molar-refractivity contribution in [3.8, 4) is 0 Å². The molecular formula is C10H19N3. The third kappa shape index (κ3) is 3.59. The fourth-order valence-electron chi connectivity index (χ4n) is 1.36. The maximum absolute atomic E-state index is 5.70. The third-order valence-electron chi connectivity index (χ3n) is 1.80. The Morgan fingerprint density at radius 3 is 2.69 bits per heavy atom. The molecule has 1 aromatic heterocycles. The van der Waals surface area contributed by atoms with E-state index in [-0.39, 0.29) is 6.04 Å². The molecule has 0 aliphatic rings. The van der Waals surface area contributed by atoms with E-state index in [0.717, 1.165) is 13.0 Å². The number of rotatable bonds is 4. The SMILES string of the molecule is CC(C)Cn1cc(C[C@@H](C)N)cn1. The molecule has 0 saturated carbocycles. The summed E-state index contributed by atoms with van der Waals surface area (Å²) in [5, 5.41) is 4.27. The number of hydrogen-bond donors (Lipinski definition) is 1. The second kappa shape index (κ2) is 4.42. The lowest BCUT2D eigenvalue weighted by Crippen LogP contribution is -2.17. The van der Waals surface area contributed by atoms with Gasteiger partial charge in [0.1, 0.15) is 0 Å². The van der Waals surface area contributed by atoms with E-state index >= 15 is 0 Å². The number of nitrogens with two attached hydrogens (primary N) is 1. The molecule has 13 heavy (non-hydrogen) atoms. The van der Waals surface area contributed by atoms with Gasteiger partial charge in [-0.2, -0.15) is 5.10 Å². The van der Waals surface area contributed by atoms with E-state index in [4.69, 9.17) is 5.73 Å². The van der Waals surface area contributed by atoms with E-state index in [1.165, 1.54) is 5.56 Å². The predicted octanol–water partition coefficient (Wildman–Crippen LogP) is 1.43. The van der Waals surface area contributed by atoms with Crippen molar-refractivity contribution in [1.82, 2.24) is 9.78 Å². The number of nitrogens with zero attached hydrogens (tertiary/aromatic N) is 2. The molecule has 0 aliphatic heterocycles. The molecule has 74 valence electrons. The average molecular weight is 181 g/mol. The molecule has 0 amide bonds. The predicted molar refractivity (Wildman–Crippen MR) is 54.4 cm³/mol. The van der Waals surface area contributed by atoms with Gasteiger partial charge in [0.2, 0.25) is 0 Å². The molecule has 1 heterocycles. The topological polar surface area (TPSA) is 43.8 Å². The summed E-state index contributed by atoms with van der Waals surface area (Å²) in [6, 6.07) is 0.219. The van der Waals surface area contributed by atoms with E-state index < -0.39 is 0 Å². The summed E-state index contributed by atoms with van der Waals surface area (Å²) in [5.74, 6) is 0.642. The molecule has 1 aromatic rings. The van der Waals surface area contributed by atoms with Gasteiger partial charge in [-0.15, -0.1) is 0 Å². The highest BCUT2D eigenvalue weighted by atomic mass is 15.3. The van der Waals surface area contributed by atoms with Crippen molar-refractivity contribution >= 4 is 0 Å². The second-order valence-corrected chi connectivity index (χ2v) is 4.15. The highest BCUT2D eigenvalue weighted by Crippen LogP contribution is 2.03. The average Bonchev–Trinajstić information content (AvgIpc) is 2.33. The van der Waals surface area contributed by atoms with Crippen LogP contribution in [0.15, 0.2) is 12.4 Å². The lowest BCUT2D eigenvalue weighted by molar-refractivity contribution is 0.483. The number of hydrogen-bond acceptors (Lipinski definition) is 2. The highest BCUT2D eigenvalue weighted by Gasteiger charge is 2.02. The second-order valence-electron chi connectivity index (χ2n) is 4.15. The Morgan fingerprint density at radius 2 is 2.15 bits per heavy atom. The molecule has 0 aromatic carbocycles. The first-order valence-electron chi connectivity index (χ1n) is 4.85. The summed E-state index contributed by atoms with van der Waals surface area (Å²) >= 11 is 0. The summed E-state index contributed by atoms with van der Waals surface area (Å²) in [5.41, 5.74) is 6.93. The molecule has 0 aliphatic carbocycles. The van der Waals surface area contributed by atoms with E-state index in [1.54, 1.807) is 0 Å². The Bertz CT molecular complexity index is 226. The molecule has 1 rings (SSSR count). The maximum atomic E-state index is 5.70. The van der Waals surface area contributed by atoms with Gasteiger partial charge in [-0.25, -0.2) is 0 Å². The normalized spacial score (nSPS) is 13.6. The third-order valence-corrected chi connectivity index (χ3v) is 1.80. The first kappa shape index (κ1) is 10.3. The first-order valence-corrected chi connectivity index (χ1v) is 4.85. The van der Waals surface area contributed by atoms with Crippen molar-refractivity contribution in [1.29, 1.82) is 0 Å². The first-order chi connectivity index (χ1) is 6.08. The lowest BCUT2D eigenvalue weighted by Gasteiger charge is -2.04. The van der Waals surface area contributed by atoms with Crippen LogP contribution in [0.4, 0.5) is 0 Å². The highest BCUT2D eigenvalue weighted by molar-refractivity contribution is 5.05. The molecule has 3 heteroatoms. The maximum Gasteiger partial charge on any atom is 0.0522 e. The summed E-state index contributed by atoms with van der Waals surface area (Å²) in [6.45, 7) is 7.37. The largest absolute Gasteiger partial charge is 0.328 e. The van der Waals surface area contributed by atoms with Crippen LogP contribution in [0.2, 0.25) is 0 Å². The lowest BCUT2D eigenvalue weighted by atomic mass is 10.1.